The van der Waals surface area contributed by atoms with Gasteiger partial charge in [0, 0.05) is 56.2 Å². The fraction of sp³-hybridized carbons (Fsp3) is 0.412. The number of nitrogens with zero attached hydrogens (tertiary/aromatic N) is 4. The molecule has 7 heteroatoms. The van der Waals surface area contributed by atoms with E-state index in [1.165, 1.54) is 6.07 Å². The van der Waals surface area contributed by atoms with E-state index in [2.05, 4.69) is 19.9 Å². The molecule has 1 N–H and O–H groups in total. The Labute approximate surface area is 139 Å². The Bertz CT molecular complexity index is 792. The van der Waals surface area contributed by atoms with Crippen molar-refractivity contribution in [3.8, 4) is 0 Å². The Balaban J connectivity index is 1.46. The zero-order valence-corrected chi connectivity index (χ0v) is 13.3. The summed E-state index contributed by atoms with van der Waals surface area (Å²) in [5.41, 5.74) is 1.13. The third-order valence-corrected chi connectivity index (χ3v) is 4.54. The molecule has 0 unspecified atom stereocenters. The molecule has 0 atom stereocenters. The van der Waals surface area contributed by atoms with Gasteiger partial charge in [0.15, 0.2) is 0 Å². The van der Waals surface area contributed by atoms with Gasteiger partial charge < -0.3 is 14.8 Å². The van der Waals surface area contributed by atoms with Crippen molar-refractivity contribution in [2.45, 2.75) is 18.8 Å². The van der Waals surface area contributed by atoms with Crippen LogP contribution in [0.15, 0.2) is 35.4 Å². The normalized spacial score (nSPS) is 17.8. The van der Waals surface area contributed by atoms with Crippen LogP contribution in [0.3, 0.4) is 0 Å². The molecule has 1 amide bonds. The minimum absolute atomic E-state index is 0.155. The van der Waals surface area contributed by atoms with Gasteiger partial charge in [-0.2, -0.15) is 0 Å². The number of amides is 1. The van der Waals surface area contributed by atoms with Crippen molar-refractivity contribution in [2.24, 2.45) is 0 Å². The van der Waals surface area contributed by atoms with Gasteiger partial charge in [0.2, 0.25) is 0 Å². The molecule has 2 aromatic rings. The van der Waals surface area contributed by atoms with Crippen molar-refractivity contribution in [1.29, 1.82) is 0 Å². The second-order valence-electron chi connectivity index (χ2n) is 6.27. The van der Waals surface area contributed by atoms with Crippen molar-refractivity contribution in [1.82, 2.24) is 19.9 Å². The van der Waals surface area contributed by atoms with Crippen molar-refractivity contribution >= 4 is 11.6 Å². The summed E-state index contributed by atoms with van der Waals surface area (Å²) < 4.78 is 0. The number of aromatic nitrogens is 3. The highest BCUT2D eigenvalue weighted by molar-refractivity contribution is 5.92. The quantitative estimate of drug-likeness (QED) is 0.910. The molecule has 0 radical (unpaired) electrons. The average molecular weight is 325 g/mol. The van der Waals surface area contributed by atoms with Crippen LogP contribution >= 0.6 is 0 Å². The number of anilines is 1. The lowest BCUT2D eigenvalue weighted by Crippen LogP contribution is -2.49. The van der Waals surface area contributed by atoms with Gasteiger partial charge in [-0.1, -0.05) is 0 Å². The Morgan fingerprint density at radius 1 is 1.12 bits per heavy atom. The van der Waals surface area contributed by atoms with Crippen LogP contribution in [0.5, 0.6) is 0 Å². The highest BCUT2D eigenvalue weighted by atomic mass is 16.2. The summed E-state index contributed by atoms with van der Waals surface area (Å²) in [5, 5.41) is 0. The number of pyridine rings is 1. The predicted octanol–water partition coefficient (Wildman–Crippen LogP) is 1.00. The summed E-state index contributed by atoms with van der Waals surface area (Å²) in [6, 6.07) is 5.25. The molecule has 3 heterocycles. The number of rotatable bonds is 3. The van der Waals surface area contributed by atoms with Gasteiger partial charge >= 0.3 is 0 Å². The number of nitrogens with one attached hydrogen (secondary N) is 1. The molecule has 7 nitrogen and oxygen atoms in total. The molecule has 2 aliphatic rings. The highest BCUT2D eigenvalue weighted by Gasteiger charge is 2.29. The molecule has 24 heavy (non-hydrogen) atoms. The van der Waals surface area contributed by atoms with Crippen molar-refractivity contribution in [3.63, 3.8) is 0 Å². The minimum atomic E-state index is -0.245. The number of piperazine rings is 1. The zero-order valence-electron chi connectivity index (χ0n) is 13.3. The second kappa shape index (κ2) is 6.07. The second-order valence-corrected chi connectivity index (χ2v) is 6.27. The van der Waals surface area contributed by atoms with Crippen LogP contribution in [-0.4, -0.2) is 51.9 Å². The topological polar surface area (TPSA) is 82.2 Å². The smallest absolute Gasteiger partial charge is 0.272 e. The van der Waals surface area contributed by atoms with E-state index < -0.39 is 0 Å². The predicted molar refractivity (Wildman–Crippen MR) is 89.2 cm³/mol. The lowest BCUT2D eigenvalue weighted by Gasteiger charge is -2.35. The Morgan fingerprint density at radius 2 is 1.83 bits per heavy atom. The van der Waals surface area contributed by atoms with E-state index in [9.17, 15) is 9.59 Å². The molecule has 1 aliphatic heterocycles. The largest absolute Gasteiger partial charge is 0.368 e. The van der Waals surface area contributed by atoms with E-state index in [4.69, 9.17) is 0 Å². The zero-order chi connectivity index (χ0) is 16.5. The van der Waals surface area contributed by atoms with Crippen LogP contribution in [0.25, 0.3) is 0 Å². The van der Waals surface area contributed by atoms with Crippen LogP contribution < -0.4 is 10.5 Å². The van der Waals surface area contributed by atoms with Gasteiger partial charge in [-0.25, -0.2) is 4.98 Å². The van der Waals surface area contributed by atoms with E-state index >= 15 is 0 Å². The molecule has 1 saturated heterocycles. The van der Waals surface area contributed by atoms with Crippen LogP contribution in [0.4, 0.5) is 5.69 Å². The highest BCUT2D eigenvalue weighted by Crippen LogP contribution is 2.37. The first-order valence-electron chi connectivity index (χ1n) is 8.26. The van der Waals surface area contributed by atoms with Gasteiger partial charge in [-0.3, -0.25) is 14.6 Å². The van der Waals surface area contributed by atoms with Crippen LogP contribution in [0, 0.1) is 0 Å². The molecule has 1 aliphatic carbocycles. The fourth-order valence-corrected chi connectivity index (χ4v) is 3.02. The number of aromatic amines is 1. The standard InChI is InChI=1S/C17H19N5O2/c23-15-11-14(19-16(20-15)12-1-2-12)17(24)22-9-7-21(8-10-22)13-3-5-18-6-4-13/h3-6,11-12H,1-2,7-10H2,(H,19,20,23). The fourth-order valence-electron chi connectivity index (χ4n) is 3.02. The molecular formula is C17H19N5O2. The molecule has 0 spiro atoms. The van der Waals surface area contributed by atoms with Crippen LogP contribution in [0.2, 0.25) is 0 Å². The maximum atomic E-state index is 12.7. The molecule has 2 aromatic heterocycles. The number of carbonyl (C=O) groups excluding carboxylic acids is 1. The summed E-state index contributed by atoms with van der Waals surface area (Å²) in [7, 11) is 0. The van der Waals surface area contributed by atoms with E-state index in [0.717, 1.165) is 31.6 Å². The number of carbonyl (C=O) groups is 1. The van der Waals surface area contributed by atoms with Gasteiger partial charge in [0.1, 0.15) is 11.5 Å². The summed E-state index contributed by atoms with van der Waals surface area (Å²) in [6.45, 7) is 2.76. The molecule has 4 rings (SSSR count). The minimum Gasteiger partial charge on any atom is -0.368 e. The maximum absolute atomic E-state index is 12.7. The maximum Gasteiger partial charge on any atom is 0.272 e. The molecule has 124 valence electrons. The lowest BCUT2D eigenvalue weighted by molar-refractivity contribution is 0.0740. The van der Waals surface area contributed by atoms with E-state index in [1.807, 2.05) is 12.1 Å². The van der Waals surface area contributed by atoms with Crippen LogP contribution in [0.1, 0.15) is 35.1 Å². The van der Waals surface area contributed by atoms with E-state index in [1.54, 1.807) is 17.3 Å². The monoisotopic (exact) mass is 325 g/mol. The van der Waals surface area contributed by atoms with Crippen molar-refractivity contribution in [2.75, 3.05) is 31.1 Å². The third-order valence-electron chi connectivity index (χ3n) is 4.54. The van der Waals surface area contributed by atoms with Gasteiger partial charge in [-0.05, 0) is 25.0 Å². The molecule has 0 aromatic carbocycles. The number of hydrogen-bond acceptors (Lipinski definition) is 5. The molecule has 0 bridgehead atoms. The van der Waals surface area contributed by atoms with Crippen molar-refractivity contribution in [3.05, 3.63) is 52.5 Å². The summed E-state index contributed by atoms with van der Waals surface area (Å²) in [6.07, 6.45) is 5.61. The number of H-pyrrole nitrogens is 1. The lowest BCUT2D eigenvalue weighted by atomic mass is 10.2. The van der Waals surface area contributed by atoms with Gasteiger partial charge in [-0.15, -0.1) is 0 Å². The average Bonchev–Trinajstić information content (AvgIpc) is 3.47. The molecular weight excluding hydrogens is 306 g/mol. The van der Waals surface area contributed by atoms with E-state index in [-0.39, 0.29) is 17.2 Å². The van der Waals surface area contributed by atoms with E-state index in [0.29, 0.717) is 24.8 Å². The van der Waals surface area contributed by atoms with Gasteiger partial charge in [0.05, 0.1) is 0 Å². The summed E-state index contributed by atoms with van der Waals surface area (Å²) in [4.78, 5) is 39.6. The molecule has 1 saturated carbocycles. The van der Waals surface area contributed by atoms with Crippen LogP contribution in [-0.2, 0) is 0 Å². The van der Waals surface area contributed by atoms with Crippen molar-refractivity contribution < 1.29 is 4.79 Å². The Morgan fingerprint density at radius 3 is 2.50 bits per heavy atom. The first-order chi connectivity index (χ1) is 11.7. The Hall–Kier alpha value is -2.70. The summed E-state index contributed by atoms with van der Waals surface area (Å²) >= 11 is 0. The van der Waals surface area contributed by atoms with Gasteiger partial charge in [0.25, 0.3) is 11.5 Å². The molecule has 2 fully saturated rings. The SMILES string of the molecule is O=C(c1cc(=O)[nH]c(C2CC2)n1)N1CCN(c2ccncc2)CC1. The first kappa shape index (κ1) is 14.9. The number of hydrogen-bond donors (Lipinski definition) is 1. The summed E-state index contributed by atoms with van der Waals surface area (Å²) in [5.74, 6) is 0.813. The first-order valence-corrected chi connectivity index (χ1v) is 8.26. The third kappa shape index (κ3) is 3.02. The Kier molecular flexibility index (Phi) is 3.76.